The third-order valence-electron chi connectivity index (χ3n) is 6.07. The third-order valence-corrected chi connectivity index (χ3v) is 6.07. The number of hydrogen-bond donors (Lipinski definition) is 5. The minimum atomic E-state index is -0.953. The van der Waals surface area contributed by atoms with Crippen molar-refractivity contribution in [1.29, 1.82) is 0 Å². The van der Waals surface area contributed by atoms with Gasteiger partial charge in [0.25, 0.3) is 11.8 Å². The van der Waals surface area contributed by atoms with Crippen LogP contribution in [0.5, 0.6) is 5.75 Å². The van der Waals surface area contributed by atoms with Crippen molar-refractivity contribution in [3.63, 3.8) is 0 Å². The number of amides is 3. The number of aliphatic hydroxyl groups excluding tert-OH is 1. The standard InChI is InChI=1S/C26H39N3O7/c1-16(2)13-20(21(32)15-18(24(27)33)14-17-7-9-19(31)10-8-17)29-26(35)23-22(36-23)25(34)28-11-5-3-4-6-12-30/h7-10,16,18,20,22-23,30-31H,3-6,11-15H2,1-2H3,(H2,27,33)(H,28,34)(H,29,35)/t18-,20+,22?,23?/m1/s1. The molecule has 1 aliphatic rings. The number of hydrogen-bond acceptors (Lipinski definition) is 7. The zero-order valence-electron chi connectivity index (χ0n) is 21.1. The van der Waals surface area contributed by atoms with Gasteiger partial charge in [-0.1, -0.05) is 38.8 Å². The molecule has 4 atom stereocenters. The number of benzene rings is 1. The van der Waals surface area contributed by atoms with Crippen LogP contribution in [0.1, 0.15) is 57.9 Å². The number of ketones is 1. The zero-order valence-corrected chi connectivity index (χ0v) is 21.1. The molecule has 1 aliphatic heterocycles. The van der Waals surface area contributed by atoms with E-state index in [2.05, 4.69) is 10.6 Å². The van der Waals surface area contributed by atoms with Crippen molar-refractivity contribution in [3.05, 3.63) is 29.8 Å². The average Bonchev–Trinajstić information content (AvgIpc) is 3.62. The molecule has 2 unspecified atom stereocenters. The van der Waals surface area contributed by atoms with Crippen molar-refractivity contribution < 1.29 is 34.1 Å². The summed E-state index contributed by atoms with van der Waals surface area (Å²) in [6, 6.07) is 5.48. The molecule has 10 nitrogen and oxygen atoms in total. The number of unbranched alkanes of at least 4 members (excludes halogenated alkanes) is 3. The van der Waals surface area contributed by atoms with Gasteiger partial charge in [-0.3, -0.25) is 19.2 Å². The van der Waals surface area contributed by atoms with Gasteiger partial charge in [0.2, 0.25) is 5.91 Å². The summed E-state index contributed by atoms with van der Waals surface area (Å²) in [4.78, 5) is 50.0. The number of phenolic OH excluding ortho intramolecular Hbond substituents is 1. The second-order valence-corrected chi connectivity index (χ2v) is 9.74. The van der Waals surface area contributed by atoms with Gasteiger partial charge in [0.05, 0.1) is 6.04 Å². The summed E-state index contributed by atoms with van der Waals surface area (Å²) in [7, 11) is 0. The van der Waals surface area contributed by atoms with Crippen LogP contribution in [0.15, 0.2) is 24.3 Å². The number of carbonyl (C=O) groups excluding carboxylic acids is 4. The van der Waals surface area contributed by atoms with Crippen molar-refractivity contribution in [2.24, 2.45) is 17.6 Å². The highest BCUT2D eigenvalue weighted by Crippen LogP contribution is 2.24. The smallest absolute Gasteiger partial charge is 0.253 e. The first-order chi connectivity index (χ1) is 17.1. The molecule has 200 valence electrons. The Morgan fingerprint density at radius 2 is 1.64 bits per heavy atom. The van der Waals surface area contributed by atoms with E-state index in [1.54, 1.807) is 12.1 Å². The Hall–Kier alpha value is -2.98. The van der Waals surface area contributed by atoms with Gasteiger partial charge < -0.3 is 31.3 Å². The molecule has 0 aromatic heterocycles. The number of rotatable bonds is 17. The highest BCUT2D eigenvalue weighted by Gasteiger charge is 2.50. The number of nitrogens with one attached hydrogen (secondary N) is 2. The molecule has 1 aromatic rings. The number of nitrogens with two attached hydrogens (primary N) is 1. The van der Waals surface area contributed by atoms with Crippen LogP contribution in [0.25, 0.3) is 0 Å². The molecule has 6 N–H and O–H groups in total. The van der Waals surface area contributed by atoms with Crippen molar-refractivity contribution in [2.45, 2.75) is 77.0 Å². The largest absolute Gasteiger partial charge is 0.508 e. The predicted molar refractivity (Wildman–Crippen MR) is 133 cm³/mol. The number of epoxide rings is 1. The number of Topliss-reactive ketones (excluding diaryl/α,β-unsaturated/α-hetero) is 1. The van der Waals surface area contributed by atoms with Crippen molar-refractivity contribution >= 4 is 23.5 Å². The minimum Gasteiger partial charge on any atom is -0.508 e. The Morgan fingerprint density at radius 3 is 2.25 bits per heavy atom. The maximum absolute atomic E-state index is 13.1. The lowest BCUT2D eigenvalue weighted by Gasteiger charge is -2.21. The van der Waals surface area contributed by atoms with Crippen molar-refractivity contribution in [1.82, 2.24) is 10.6 Å². The van der Waals surface area contributed by atoms with E-state index in [4.69, 9.17) is 15.6 Å². The molecule has 2 rings (SSSR count). The molecule has 0 radical (unpaired) electrons. The summed E-state index contributed by atoms with van der Waals surface area (Å²) < 4.78 is 5.27. The number of phenols is 1. The average molecular weight is 506 g/mol. The molecule has 1 saturated heterocycles. The number of ether oxygens (including phenoxy) is 1. The topological polar surface area (TPSA) is 171 Å². The van der Waals surface area contributed by atoms with E-state index < -0.39 is 36.0 Å². The van der Waals surface area contributed by atoms with E-state index >= 15 is 0 Å². The maximum Gasteiger partial charge on any atom is 0.253 e. The predicted octanol–water partition coefficient (Wildman–Crippen LogP) is 0.963. The highest BCUT2D eigenvalue weighted by molar-refractivity contribution is 5.98. The van der Waals surface area contributed by atoms with Gasteiger partial charge in [-0.15, -0.1) is 0 Å². The zero-order chi connectivity index (χ0) is 26.7. The molecule has 1 aromatic carbocycles. The fourth-order valence-corrected chi connectivity index (χ4v) is 3.98. The fourth-order valence-electron chi connectivity index (χ4n) is 3.98. The molecule has 10 heteroatoms. The summed E-state index contributed by atoms with van der Waals surface area (Å²) in [5, 5.41) is 23.7. The van der Waals surface area contributed by atoms with Crippen LogP contribution < -0.4 is 16.4 Å². The molecule has 36 heavy (non-hydrogen) atoms. The van der Waals surface area contributed by atoms with Crippen LogP contribution in [0.4, 0.5) is 0 Å². The van der Waals surface area contributed by atoms with E-state index in [0.29, 0.717) is 13.0 Å². The minimum absolute atomic E-state index is 0.0911. The van der Waals surface area contributed by atoms with Gasteiger partial charge in [0, 0.05) is 25.5 Å². The molecule has 0 spiro atoms. The van der Waals surface area contributed by atoms with Crippen LogP contribution in [-0.4, -0.2) is 65.1 Å². The molecule has 0 bridgehead atoms. The summed E-state index contributed by atoms with van der Waals surface area (Å²) >= 11 is 0. The first-order valence-electron chi connectivity index (χ1n) is 12.6. The van der Waals surface area contributed by atoms with E-state index in [0.717, 1.165) is 31.2 Å². The fraction of sp³-hybridized carbons (Fsp3) is 0.615. The van der Waals surface area contributed by atoms with E-state index in [1.165, 1.54) is 12.1 Å². The number of carbonyl (C=O) groups is 4. The maximum atomic E-state index is 13.1. The quantitative estimate of drug-likeness (QED) is 0.155. The summed E-state index contributed by atoms with van der Waals surface area (Å²) in [5.74, 6) is -2.42. The second-order valence-electron chi connectivity index (χ2n) is 9.74. The summed E-state index contributed by atoms with van der Waals surface area (Å²) in [5.41, 5.74) is 6.30. The number of aliphatic hydroxyl groups is 1. The van der Waals surface area contributed by atoms with Gasteiger partial charge in [0.1, 0.15) is 5.75 Å². The van der Waals surface area contributed by atoms with Gasteiger partial charge in [0.15, 0.2) is 18.0 Å². The highest BCUT2D eigenvalue weighted by atomic mass is 16.6. The molecule has 1 heterocycles. The summed E-state index contributed by atoms with van der Waals surface area (Å²) in [6.45, 7) is 4.45. The van der Waals surface area contributed by atoms with Crippen LogP contribution in [0.2, 0.25) is 0 Å². The Kier molecular flexibility index (Phi) is 11.8. The normalized spacial score (nSPS) is 18.3. The Labute approximate surface area is 212 Å². The Morgan fingerprint density at radius 1 is 1.00 bits per heavy atom. The monoisotopic (exact) mass is 505 g/mol. The lowest BCUT2D eigenvalue weighted by molar-refractivity contribution is -0.131. The van der Waals surface area contributed by atoms with E-state index in [9.17, 15) is 24.3 Å². The second kappa shape index (κ2) is 14.5. The Bertz CT molecular complexity index is 888. The SMILES string of the molecule is CC(C)C[C@H](NC(=O)C1OC1C(=O)NCCCCCCO)C(=O)C[C@@H](Cc1ccc(O)cc1)C(N)=O. The van der Waals surface area contributed by atoms with Crippen LogP contribution >= 0.6 is 0 Å². The van der Waals surface area contributed by atoms with E-state index in [-0.39, 0.29) is 42.8 Å². The van der Waals surface area contributed by atoms with Crippen molar-refractivity contribution in [3.8, 4) is 5.75 Å². The number of aromatic hydroxyl groups is 1. The first-order valence-corrected chi connectivity index (χ1v) is 12.6. The van der Waals surface area contributed by atoms with Gasteiger partial charge in [-0.05, 0) is 49.3 Å². The van der Waals surface area contributed by atoms with Crippen molar-refractivity contribution in [2.75, 3.05) is 13.2 Å². The van der Waals surface area contributed by atoms with Crippen LogP contribution in [0.3, 0.4) is 0 Å². The van der Waals surface area contributed by atoms with E-state index in [1.807, 2.05) is 13.8 Å². The number of primary amides is 1. The van der Waals surface area contributed by atoms with Gasteiger partial charge in [-0.2, -0.15) is 0 Å². The molecule has 1 fully saturated rings. The molecular weight excluding hydrogens is 466 g/mol. The lowest BCUT2D eigenvalue weighted by atomic mass is 9.89. The molecule has 0 aliphatic carbocycles. The van der Waals surface area contributed by atoms with Gasteiger partial charge in [-0.25, -0.2) is 0 Å². The first kappa shape index (κ1) is 29.3. The lowest BCUT2D eigenvalue weighted by Crippen LogP contribution is -2.46. The molecule has 3 amide bonds. The Balaban J connectivity index is 1.89. The van der Waals surface area contributed by atoms with Crippen LogP contribution in [-0.2, 0) is 30.3 Å². The summed E-state index contributed by atoms with van der Waals surface area (Å²) in [6.07, 6.45) is 1.89. The van der Waals surface area contributed by atoms with Gasteiger partial charge >= 0.3 is 0 Å². The third kappa shape index (κ3) is 9.94. The molecule has 0 saturated carbocycles. The van der Waals surface area contributed by atoms with Crippen LogP contribution in [0, 0.1) is 11.8 Å². The molecular formula is C26H39N3O7.